The van der Waals surface area contributed by atoms with Crippen LogP contribution in [0.2, 0.25) is 0 Å². The summed E-state index contributed by atoms with van der Waals surface area (Å²) in [6.45, 7) is 3.61. The lowest BCUT2D eigenvalue weighted by molar-refractivity contribution is 0.163. The lowest BCUT2D eigenvalue weighted by Crippen LogP contribution is -2.42. The largest absolute Gasteiger partial charge is 0.465 e. The summed E-state index contributed by atoms with van der Waals surface area (Å²) in [5, 5.41) is 0. The Bertz CT molecular complexity index is 342. The first-order chi connectivity index (χ1) is 8.20. The summed E-state index contributed by atoms with van der Waals surface area (Å²) in [6.07, 6.45) is 5.41. The number of likely N-dealkylation sites (N-methyl/N-ethyl adjacent to an activating group) is 1. The van der Waals surface area contributed by atoms with Gasteiger partial charge in [0.05, 0.1) is 6.54 Å². The lowest BCUT2D eigenvalue weighted by Gasteiger charge is -2.31. The van der Waals surface area contributed by atoms with E-state index in [0.717, 1.165) is 30.5 Å². The Morgan fingerprint density at radius 2 is 2.12 bits per heavy atom. The Balaban J connectivity index is 1.94. The van der Waals surface area contributed by atoms with Crippen molar-refractivity contribution >= 4 is 0 Å². The number of nitrogens with zero attached hydrogens (tertiary/aromatic N) is 1. The second-order valence-electron chi connectivity index (χ2n) is 5.28. The van der Waals surface area contributed by atoms with E-state index in [1.807, 2.05) is 13.0 Å². The summed E-state index contributed by atoms with van der Waals surface area (Å²) in [6, 6.07) is 4.59. The Labute approximate surface area is 104 Å². The maximum absolute atomic E-state index is 5.94. The first-order valence-corrected chi connectivity index (χ1v) is 6.66. The van der Waals surface area contributed by atoms with Gasteiger partial charge in [0.2, 0.25) is 0 Å². The van der Waals surface area contributed by atoms with Crippen molar-refractivity contribution in [2.24, 2.45) is 11.7 Å². The highest BCUT2D eigenvalue weighted by molar-refractivity contribution is 5.05. The molecular weight excluding hydrogens is 212 g/mol. The third-order valence-electron chi connectivity index (χ3n) is 3.95. The van der Waals surface area contributed by atoms with Crippen molar-refractivity contribution in [3.63, 3.8) is 0 Å². The molecule has 3 heteroatoms. The zero-order valence-electron chi connectivity index (χ0n) is 11.0. The highest BCUT2D eigenvalue weighted by atomic mass is 16.3. The van der Waals surface area contributed by atoms with Crippen molar-refractivity contribution in [2.45, 2.75) is 45.2 Å². The van der Waals surface area contributed by atoms with E-state index in [1.54, 1.807) is 0 Å². The molecule has 1 unspecified atom stereocenters. The van der Waals surface area contributed by atoms with Gasteiger partial charge < -0.3 is 10.2 Å². The van der Waals surface area contributed by atoms with E-state index in [-0.39, 0.29) is 0 Å². The topological polar surface area (TPSA) is 42.4 Å². The minimum atomic E-state index is 0.503. The van der Waals surface area contributed by atoms with Crippen LogP contribution < -0.4 is 5.73 Å². The molecule has 1 aromatic heterocycles. The van der Waals surface area contributed by atoms with Crippen LogP contribution in [0.5, 0.6) is 0 Å². The molecular formula is C14H24N2O. The van der Waals surface area contributed by atoms with Gasteiger partial charge in [-0.15, -0.1) is 0 Å². The molecule has 1 saturated carbocycles. The average Bonchev–Trinajstić information content (AvgIpc) is 2.92. The van der Waals surface area contributed by atoms with E-state index in [4.69, 9.17) is 10.2 Å². The van der Waals surface area contributed by atoms with Gasteiger partial charge in [-0.3, -0.25) is 4.90 Å². The molecule has 1 aliphatic rings. The quantitative estimate of drug-likeness (QED) is 0.854. The van der Waals surface area contributed by atoms with Crippen LogP contribution in [0.25, 0.3) is 0 Å². The van der Waals surface area contributed by atoms with E-state index in [0.29, 0.717) is 6.04 Å². The molecule has 0 aromatic carbocycles. The zero-order valence-corrected chi connectivity index (χ0v) is 11.0. The number of hydrogen-bond acceptors (Lipinski definition) is 3. The molecule has 0 saturated heterocycles. The molecule has 0 spiro atoms. The summed E-state index contributed by atoms with van der Waals surface area (Å²) < 4.78 is 5.63. The molecule has 2 N–H and O–H groups in total. The molecule has 2 rings (SSSR count). The first-order valence-electron chi connectivity index (χ1n) is 6.66. The molecule has 1 atom stereocenters. The number of rotatable bonds is 5. The zero-order chi connectivity index (χ0) is 12.3. The Hall–Kier alpha value is -0.800. The number of furan rings is 1. The van der Waals surface area contributed by atoms with Gasteiger partial charge in [-0.1, -0.05) is 12.8 Å². The minimum Gasteiger partial charge on any atom is -0.465 e. The number of hydrogen-bond donors (Lipinski definition) is 1. The van der Waals surface area contributed by atoms with E-state index < -0.39 is 0 Å². The van der Waals surface area contributed by atoms with Crippen LogP contribution >= 0.6 is 0 Å². The van der Waals surface area contributed by atoms with Crippen LogP contribution in [0.1, 0.15) is 37.2 Å². The minimum absolute atomic E-state index is 0.503. The highest BCUT2D eigenvalue weighted by Gasteiger charge is 2.27. The first kappa shape index (κ1) is 12.7. The van der Waals surface area contributed by atoms with E-state index in [2.05, 4.69) is 18.0 Å². The van der Waals surface area contributed by atoms with Crippen molar-refractivity contribution in [1.29, 1.82) is 0 Å². The van der Waals surface area contributed by atoms with Gasteiger partial charge in [-0.05, 0) is 44.9 Å². The summed E-state index contributed by atoms with van der Waals surface area (Å²) in [5.41, 5.74) is 5.94. The molecule has 1 aromatic rings. The van der Waals surface area contributed by atoms with Gasteiger partial charge in [-0.25, -0.2) is 0 Å². The third-order valence-corrected chi connectivity index (χ3v) is 3.95. The van der Waals surface area contributed by atoms with Crippen molar-refractivity contribution in [2.75, 3.05) is 13.6 Å². The van der Waals surface area contributed by atoms with Crippen molar-refractivity contribution in [3.05, 3.63) is 23.7 Å². The lowest BCUT2D eigenvalue weighted by atomic mass is 9.97. The maximum Gasteiger partial charge on any atom is 0.118 e. The Morgan fingerprint density at radius 3 is 2.65 bits per heavy atom. The second-order valence-corrected chi connectivity index (χ2v) is 5.28. The molecule has 0 amide bonds. The van der Waals surface area contributed by atoms with Crippen molar-refractivity contribution in [1.82, 2.24) is 4.90 Å². The van der Waals surface area contributed by atoms with Crippen molar-refractivity contribution in [3.8, 4) is 0 Å². The number of nitrogens with two attached hydrogens (primary N) is 1. The SMILES string of the molecule is Cc1ccc(CN(C)C(CN)C2CCCC2)o1. The van der Waals surface area contributed by atoms with Gasteiger partial charge in [0.15, 0.2) is 0 Å². The smallest absolute Gasteiger partial charge is 0.118 e. The molecule has 1 heterocycles. The van der Waals surface area contributed by atoms with Crippen molar-refractivity contribution < 1.29 is 4.42 Å². The molecule has 0 bridgehead atoms. The summed E-state index contributed by atoms with van der Waals surface area (Å²) >= 11 is 0. The summed E-state index contributed by atoms with van der Waals surface area (Å²) in [4.78, 5) is 2.36. The van der Waals surface area contributed by atoms with Gasteiger partial charge in [0.1, 0.15) is 11.5 Å². The second kappa shape index (κ2) is 5.69. The molecule has 17 heavy (non-hydrogen) atoms. The van der Waals surface area contributed by atoms with E-state index in [9.17, 15) is 0 Å². The monoisotopic (exact) mass is 236 g/mol. The van der Waals surface area contributed by atoms with Gasteiger partial charge in [-0.2, -0.15) is 0 Å². The summed E-state index contributed by atoms with van der Waals surface area (Å²) in [7, 11) is 2.16. The van der Waals surface area contributed by atoms with Crippen LogP contribution in [-0.2, 0) is 6.54 Å². The van der Waals surface area contributed by atoms with Gasteiger partial charge in [0.25, 0.3) is 0 Å². The van der Waals surface area contributed by atoms with E-state index >= 15 is 0 Å². The molecule has 1 aliphatic carbocycles. The average molecular weight is 236 g/mol. The van der Waals surface area contributed by atoms with Crippen LogP contribution in [0.15, 0.2) is 16.5 Å². The fourth-order valence-corrected chi connectivity index (χ4v) is 3.01. The number of aryl methyl sites for hydroxylation is 1. The van der Waals surface area contributed by atoms with E-state index in [1.165, 1.54) is 25.7 Å². The molecule has 1 fully saturated rings. The fourth-order valence-electron chi connectivity index (χ4n) is 3.01. The molecule has 0 radical (unpaired) electrons. The highest BCUT2D eigenvalue weighted by Crippen LogP contribution is 2.30. The normalized spacial score (nSPS) is 19.1. The standard InChI is InChI=1S/C14H24N2O/c1-11-7-8-13(17-11)10-16(2)14(9-15)12-5-3-4-6-12/h7-8,12,14H,3-6,9-10,15H2,1-2H3. The summed E-state index contributed by atoms with van der Waals surface area (Å²) in [5.74, 6) is 2.81. The predicted molar refractivity (Wildman–Crippen MR) is 69.7 cm³/mol. The Morgan fingerprint density at radius 1 is 1.41 bits per heavy atom. The van der Waals surface area contributed by atoms with Crippen LogP contribution in [0.4, 0.5) is 0 Å². The molecule has 96 valence electrons. The van der Waals surface area contributed by atoms with Gasteiger partial charge in [0, 0.05) is 12.6 Å². The third kappa shape index (κ3) is 3.11. The Kier molecular flexibility index (Phi) is 4.24. The maximum atomic E-state index is 5.94. The van der Waals surface area contributed by atoms with Crippen LogP contribution in [0, 0.1) is 12.8 Å². The molecule has 3 nitrogen and oxygen atoms in total. The van der Waals surface area contributed by atoms with Crippen LogP contribution in [0.3, 0.4) is 0 Å². The van der Waals surface area contributed by atoms with Crippen LogP contribution in [-0.4, -0.2) is 24.5 Å². The predicted octanol–water partition coefficient (Wildman–Crippen LogP) is 2.54. The fraction of sp³-hybridized carbons (Fsp3) is 0.714. The van der Waals surface area contributed by atoms with Gasteiger partial charge >= 0.3 is 0 Å². The molecule has 0 aliphatic heterocycles.